The fourth-order valence-corrected chi connectivity index (χ4v) is 3.39. The Bertz CT molecular complexity index is 441. The van der Waals surface area contributed by atoms with Crippen molar-refractivity contribution in [3.63, 3.8) is 0 Å². The molecule has 2 heterocycles. The third kappa shape index (κ3) is 2.82. The number of aliphatic imine (C=N–C) groups is 1. The molecule has 2 aliphatic rings. The van der Waals surface area contributed by atoms with Gasteiger partial charge in [0.05, 0.1) is 12.6 Å². The predicted octanol–water partition coefficient (Wildman–Crippen LogP) is 2.37. The number of nitrogens with one attached hydrogen (secondary N) is 1. The monoisotopic (exact) mass is 294 g/mol. The van der Waals surface area contributed by atoms with Crippen LogP contribution in [-0.4, -0.2) is 53.0 Å². The number of hydrogen-bond donors (Lipinski definition) is 1. The molecule has 0 amide bonds. The first-order valence-corrected chi connectivity index (χ1v) is 8.12. The van der Waals surface area contributed by atoms with E-state index in [2.05, 4.69) is 42.8 Å². The molecule has 0 saturated carbocycles. The van der Waals surface area contributed by atoms with E-state index in [1.165, 1.54) is 17.1 Å². The maximum atomic E-state index is 5.47. The molecule has 2 rings (SSSR count). The van der Waals surface area contributed by atoms with Gasteiger partial charge in [-0.25, -0.2) is 0 Å². The van der Waals surface area contributed by atoms with Crippen molar-refractivity contribution in [1.82, 2.24) is 15.1 Å². The number of rotatable bonds is 3. The van der Waals surface area contributed by atoms with E-state index in [4.69, 9.17) is 17.2 Å². The Kier molecular flexibility index (Phi) is 5.02. The number of thiocarbonyl (C=S) groups is 1. The molecule has 1 atom stereocenters. The molecule has 112 valence electrons. The number of fused-ring (bicyclic) bond motifs is 1. The van der Waals surface area contributed by atoms with Gasteiger partial charge in [-0.1, -0.05) is 13.8 Å². The topological polar surface area (TPSA) is 30.9 Å². The largest absolute Gasteiger partial charge is 0.363 e. The van der Waals surface area contributed by atoms with E-state index in [0.29, 0.717) is 6.04 Å². The Morgan fingerprint density at radius 1 is 1.30 bits per heavy atom. The molecule has 0 aromatic heterocycles. The highest BCUT2D eigenvalue weighted by Gasteiger charge is 2.31. The van der Waals surface area contributed by atoms with Crippen LogP contribution < -0.4 is 5.32 Å². The molecule has 20 heavy (non-hydrogen) atoms. The van der Waals surface area contributed by atoms with Crippen LogP contribution >= 0.6 is 12.2 Å². The summed E-state index contributed by atoms with van der Waals surface area (Å²) in [5, 5.41) is 4.14. The average molecular weight is 294 g/mol. The first-order valence-electron chi connectivity index (χ1n) is 7.71. The number of amidine groups is 1. The van der Waals surface area contributed by atoms with Gasteiger partial charge >= 0.3 is 0 Å². The van der Waals surface area contributed by atoms with Crippen LogP contribution in [0.5, 0.6) is 0 Å². The van der Waals surface area contributed by atoms with Gasteiger partial charge in [0.15, 0.2) is 5.11 Å². The normalized spacial score (nSPS) is 22.6. The van der Waals surface area contributed by atoms with Gasteiger partial charge in [-0.15, -0.1) is 0 Å². The fourth-order valence-electron chi connectivity index (χ4n) is 3.09. The lowest BCUT2D eigenvalue weighted by Crippen LogP contribution is -2.53. The zero-order chi connectivity index (χ0) is 14.7. The summed E-state index contributed by atoms with van der Waals surface area (Å²) < 4.78 is 0. The highest BCUT2D eigenvalue weighted by Crippen LogP contribution is 2.28. The van der Waals surface area contributed by atoms with E-state index in [0.717, 1.165) is 44.1 Å². The van der Waals surface area contributed by atoms with Crippen molar-refractivity contribution in [2.24, 2.45) is 4.99 Å². The van der Waals surface area contributed by atoms with Crippen molar-refractivity contribution in [1.29, 1.82) is 0 Å². The second-order valence-corrected chi connectivity index (χ2v) is 5.70. The molecule has 0 aliphatic carbocycles. The lowest BCUT2D eigenvalue weighted by molar-refractivity contribution is 0.294. The Morgan fingerprint density at radius 3 is 2.65 bits per heavy atom. The molecule has 4 nitrogen and oxygen atoms in total. The molecule has 0 spiro atoms. The molecular weight excluding hydrogens is 268 g/mol. The Morgan fingerprint density at radius 2 is 2.05 bits per heavy atom. The van der Waals surface area contributed by atoms with E-state index in [-0.39, 0.29) is 0 Å². The maximum absolute atomic E-state index is 5.47. The Hall–Kier alpha value is -1.10. The number of hydrogen-bond acceptors (Lipinski definition) is 3. The van der Waals surface area contributed by atoms with E-state index in [1.807, 2.05) is 0 Å². The van der Waals surface area contributed by atoms with Crippen LogP contribution in [0.1, 0.15) is 40.5 Å². The lowest BCUT2D eigenvalue weighted by Gasteiger charge is -2.43. The van der Waals surface area contributed by atoms with Crippen LogP contribution in [-0.2, 0) is 0 Å². The SMILES string of the molecule is CCNC(=S)N1CCN2C(CC)=N[C@@H](C)C(CC)=C2C1. The zero-order valence-corrected chi connectivity index (χ0v) is 13.9. The third-order valence-electron chi connectivity index (χ3n) is 4.10. The van der Waals surface area contributed by atoms with Gasteiger partial charge in [0.2, 0.25) is 0 Å². The summed E-state index contributed by atoms with van der Waals surface area (Å²) in [7, 11) is 0. The highest BCUT2D eigenvalue weighted by molar-refractivity contribution is 7.80. The lowest BCUT2D eigenvalue weighted by atomic mass is 9.98. The van der Waals surface area contributed by atoms with Crippen molar-refractivity contribution in [3.05, 3.63) is 11.3 Å². The Balaban J connectivity index is 2.23. The minimum atomic E-state index is 0.314. The summed E-state index contributed by atoms with van der Waals surface area (Å²) in [5.41, 5.74) is 2.89. The van der Waals surface area contributed by atoms with E-state index in [1.54, 1.807) is 0 Å². The van der Waals surface area contributed by atoms with Crippen molar-refractivity contribution in [3.8, 4) is 0 Å². The molecule has 2 aliphatic heterocycles. The molecule has 0 aromatic carbocycles. The van der Waals surface area contributed by atoms with Gasteiger partial charge in [-0.2, -0.15) is 0 Å². The molecule has 1 fully saturated rings. The first kappa shape index (κ1) is 15.3. The minimum absolute atomic E-state index is 0.314. The molecule has 0 aromatic rings. The van der Waals surface area contributed by atoms with Crippen LogP contribution in [0.4, 0.5) is 0 Å². The van der Waals surface area contributed by atoms with E-state index in [9.17, 15) is 0 Å². The summed E-state index contributed by atoms with van der Waals surface area (Å²) in [4.78, 5) is 9.57. The summed E-state index contributed by atoms with van der Waals surface area (Å²) in [6.45, 7) is 12.5. The van der Waals surface area contributed by atoms with Crippen LogP contribution in [0.25, 0.3) is 0 Å². The minimum Gasteiger partial charge on any atom is -0.363 e. The van der Waals surface area contributed by atoms with Crippen LogP contribution in [0.3, 0.4) is 0 Å². The van der Waals surface area contributed by atoms with Crippen LogP contribution in [0, 0.1) is 0 Å². The number of piperazine rings is 1. The molecular formula is C15H26N4S. The smallest absolute Gasteiger partial charge is 0.169 e. The number of nitrogens with zero attached hydrogens (tertiary/aromatic N) is 3. The molecule has 5 heteroatoms. The van der Waals surface area contributed by atoms with Gasteiger partial charge in [-0.05, 0) is 38.1 Å². The zero-order valence-electron chi connectivity index (χ0n) is 13.1. The molecule has 1 saturated heterocycles. The van der Waals surface area contributed by atoms with Crippen molar-refractivity contribution in [2.45, 2.75) is 46.6 Å². The summed E-state index contributed by atoms with van der Waals surface area (Å²) >= 11 is 5.47. The second-order valence-electron chi connectivity index (χ2n) is 5.31. The van der Waals surface area contributed by atoms with E-state index >= 15 is 0 Å². The molecule has 0 bridgehead atoms. The molecule has 1 N–H and O–H groups in total. The van der Waals surface area contributed by atoms with Crippen molar-refractivity contribution in [2.75, 3.05) is 26.2 Å². The summed E-state index contributed by atoms with van der Waals surface area (Å²) in [6.07, 6.45) is 2.07. The maximum Gasteiger partial charge on any atom is 0.169 e. The van der Waals surface area contributed by atoms with E-state index < -0.39 is 0 Å². The van der Waals surface area contributed by atoms with Crippen molar-refractivity contribution >= 4 is 23.2 Å². The Labute approximate surface area is 127 Å². The van der Waals surface area contributed by atoms with Gasteiger partial charge < -0.3 is 15.1 Å². The molecule has 0 radical (unpaired) electrons. The third-order valence-corrected chi connectivity index (χ3v) is 4.50. The van der Waals surface area contributed by atoms with Gasteiger partial charge in [0.25, 0.3) is 0 Å². The standard InChI is InChI=1S/C15H26N4S/c1-5-12-11(4)17-14(6-2)19-9-8-18(10-13(12)19)15(20)16-7-3/h11H,5-10H2,1-4H3,(H,16,20)/t11-/m0/s1. The van der Waals surface area contributed by atoms with Crippen molar-refractivity contribution < 1.29 is 0 Å². The summed E-state index contributed by atoms with van der Waals surface area (Å²) in [5.74, 6) is 1.23. The van der Waals surface area contributed by atoms with Crippen LogP contribution in [0.15, 0.2) is 16.3 Å². The quantitative estimate of drug-likeness (QED) is 0.810. The first-order chi connectivity index (χ1) is 9.62. The van der Waals surface area contributed by atoms with Gasteiger partial charge in [-0.3, -0.25) is 4.99 Å². The highest BCUT2D eigenvalue weighted by atomic mass is 32.1. The second kappa shape index (κ2) is 6.57. The average Bonchev–Trinajstić information content (AvgIpc) is 2.46. The molecule has 0 unspecified atom stereocenters. The van der Waals surface area contributed by atoms with Gasteiger partial charge in [0.1, 0.15) is 5.84 Å². The summed E-state index contributed by atoms with van der Waals surface area (Å²) in [6, 6.07) is 0.314. The van der Waals surface area contributed by atoms with Gasteiger partial charge in [0, 0.05) is 31.8 Å². The fraction of sp³-hybridized carbons (Fsp3) is 0.733. The van der Waals surface area contributed by atoms with Crippen LogP contribution in [0.2, 0.25) is 0 Å². The predicted molar refractivity (Wildman–Crippen MR) is 89.1 cm³/mol.